The van der Waals surface area contributed by atoms with Gasteiger partial charge in [0.25, 0.3) is 5.91 Å². The molecule has 33 heavy (non-hydrogen) atoms. The van der Waals surface area contributed by atoms with Crippen LogP contribution in [0.15, 0.2) is 59.6 Å². The van der Waals surface area contributed by atoms with Crippen LogP contribution in [0.2, 0.25) is 0 Å². The van der Waals surface area contributed by atoms with Crippen LogP contribution in [-0.2, 0) is 9.59 Å². The summed E-state index contributed by atoms with van der Waals surface area (Å²) in [6.07, 6.45) is 1.08. The lowest BCUT2D eigenvalue weighted by Crippen LogP contribution is -2.49. The van der Waals surface area contributed by atoms with Gasteiger partial charge in [-0.15, -0.1) is 0 Å². The summed E-state index contributed by atoms with van der Waals surface area (Å²) >= 11 is 0. The second-order valence-electron chi connectivity index (χ2n) is 9.11. The first-order valence-corrected chi connectivity index (χ1v) is 11.8. The monoisotopic (exact) mass is 449 g/mol. The summed E-state index contributed by atoms with van der Waals surface area (Å²) in [6, 6.07) is 17.3. The Morgan fingerprint density at radius 3 is 2.45 bits per heavy atom. The molecule has 6 nitrogen and oxygen atoms in total. The Morgan fingerprint density at radius 1 is 1.12 bits per heavy atom. The number of likely N-dealkylation sites (N-methyl/N-ethyl adjacent to an activating group) is 1. The highest BCUT2D eigenvalue weighted by molar-refractivity contribution is 6.20. The van der Waals surface area contributed by atoms with E-state index in [1.165, 1.54) is 0 Å². The molecule has 0 fully saturated rings. The summed E-state index contributed by atoms with van der Waals surface area (Å²) < 4.78 is 0. The maximum absolute atomic E-state index is 13.3. The van der Waals surface area contributed by atoms with Gasteiger partial charge in [0, 0.05) is 18.2 Å². The Labute approximate surface area is 196 Å². The van der Waals surface area contributed by atoms with Crippen LogP contribution in [-0.4, -0.2) is 41.9 Å². The van der Waals surface area contributed by atoms with Gasteiger partial charge in [-0.2, -0.15) is 0 Å². The molecule has 2 N–H and O–H groups in total. The van der Waals surface area contributed by atoms with Crippen molar-refractivity contribution in [2.45, 2.75) is 58.7 Å². The number of benzodiazepines with no additional fused rings is 1. The normalized spacial score (nSPS) is 17.8. The molecular formula is C27H35N3O3. The lowest BCUT2D eigenvalue weighted by atomic mass is 9.88. The number of aliphatic hydroxyl groups excluding tert-OH is 1. The van der Waals surface area contributed by atoms with E-state index in [9.17, 15) is 14.7 Å². The fourth-order valence-corrected chi connectivity index (χ4v) is 4.25. The second-order valence-corrected chi connectivity index (χ2v) is 9.11. The zero-order valence-corrected chi connectivity index (χ0v) is 20.0. The number of hydrogen-bond donors (Lipinski definition) is 2. The molecule has 3 rings (SSSR count). The van der Waals surface area contributed by atoms with Crippen molar-refractivity contribution in [1.82, 2.24) is 5.32 Å². The Hall–Kier alpha value is -2.99. The molecule has 1 heterocycles. The smallest absolute Gasteiger partial charge is 0.272 e. The summed E-state index contributed by atoms with van der Waals surface area (Å²) in [5, 5.41) is 13.6. The van der Waals surface area contributed by atoms with Crippen molar-refractivity contribution >= 4 is 23.2 Å². The van der Waals surface area contributed by atoms with Gasteiger partial charge < -0.3 is 15.3 Å². The van der Waals surface area contributed by atoms with Crippen molar-refractivity contribution in [3.8, 4) is 0 Å². The van der Waals surface area contributed by atoms with Gasteiger partial charge in [-0.3, -0.25) is 9.59 Å². The van der Waals surface area contributed by atoms with Gasteiger partial charge in [0.1, 0.15) is 0 Å². The molecule has 0 radical (unpaired) electrons. The van der Waals surface area contributed by atoms with E-state index in [1.807, 2.05) is 68.4 Å². The minimum atomic E-state index is -1.07. The molecule has 0 aliphatic carbocycles. The number of nitrogens with zero attached hydrogens (tertiary/aromatic N) is 2. The van der Waals surface area contributed by atoms with Crippen LogP contribution >= 0.6 is 0 Å². The zero-order chi connectivity index (χ0) is 24.0. The predicted octanol–water partition coefficient (Wildman–Crippen LogP) is 4.16. The van der Waals surface area contributed by atoms with Crippen LogP contribution in [0.1, 0.15) is 57.6 Å². The van der Waals surface area contributed by atoms with Crippen molar-refractivity contribution in [3.05, 3.63) is 65.7 Å². The van der Waals surface area contributed by atoms with Gasteiger partial charge in [-0.25, -0.2) is 4.99 Å². The zero-order valence-electron chi connectivity index (χ0n) is 20.0. The molecule has 0 saturated heterocycles. The number of aliphatic imine (C=N–C) groups is 1. The largest absolute Gasteiger partial charge is 0.392 e. The van der Waals surface area contributed by atoms with E-state index in [4.69, 9.17) is 4.99 Å². The molecule has 2 aromatic carbocycles. The first-order chi connectivity index (χ1) is 15.8. The number of unbranched alkanes of at least 4 members (excludes halogenated alkanes) is 1. The van der Waals surface area contributed by atoms with Gasteiger partial charge in [-0.05, 0) is 24.8 Å². The third-order valence-corrected chi connectivity index (χ3v) is 6.05. The Morgan fingerprint density at radius 2 is 1.79 bits per heavy atom. The fraction of sp³-hybridized carbons (Fsp3) is 0.444. The number of aliphatic hydroxyl groups is 1. The number of anilines is 1. The van der Waals surface area contributed by atoms with Crippen molar-refractivity contribution in [2.75, 3.05) is 11.9 Å². The van der Waals surface area contributed by atoms with Crippen LogP contribution < -0.4 is 10.2 Å². The van der Waals surface area contributed by atoms with Crippen molar-refractivity contribution in [1.29, 1.82) is 0 Å². The van der Waals surface area contributed by atoms with Crippen molar-refractivity contribution in [2.24, 2.45) is 16.8 Å². The maximum Gasteiger partial charge on any atom is 0.272 e. The Balaban J connectivity index is 1.97. The summed E-state index contributed by atoms with van der Waals surface area (Å²) in [4.78, 5) is 33.0. The first-order valence-electron chi connectivity index (χ1n) is 11.8. The van der Waals surface area contributed by atoms with E-state index in [0.717, 1.165) is 29.7 Å². The van der Waals surface area contributed by atoms with E-state index in [-0.39, 0.29) is 17.7 Å². The highest BCUT2D eigenvalue weighted by Gasteiger charge is 2.34. The van der Waals surface area contributed by atoms with Crippen LogP contribution in [0, 0.1) is 11.8 Å². The topological polar surface area (TPSA) is 82.0 Å². The summed E-state index contributed by atoms with van der Waals surface area (Å²) in [7, 11) is 1.70. The number of rotatable bonds is 9. The minimum Gasteiger partial charge on any atom is -0.392 e. The molecule has 0 bridgehead atoms. The molecule has 0 saturated carbocycles. The van der Waals surface area contributed by atoms with E-state index in [0.29, 0.717) is 18.6 Å². The van der Waals surface area contributed by atoms with Crippen LogP contribution in [0.3, 0.4) is 0 Å². The molecule has 0 spiro atoms. The number of carbonyl (C=O) groups excluding carboxylic acids is 2. The Bertz CT molecular complexity index is 987. The second kappa shape index (κ2) is 11.2. The molecular weight excluding hydrogens is 414 g/mol. The quantitative estimate of drug-likeness (QED) is 0.603. The van der Waals surface area contributed by atoms with Crippen LogP contribution in [0.25, 0.3) is 0 Å². The standard InChI is InChI=1S/C27H35N3O3/c1-5-6-16-23(31)21(17-18(2)3)26(32)29-25-27(33)30(4)22-15-11-10-14-20(22)24(28-25)19-12-8-7-9-13-19/h7-15,18,21,23,25,31H,5-6,16-17H2,1-4H3,(H,29,32)/t21-,23?,25?/m1/s1. The van der Waals surface area contributed by atoms with Gasteiger partial charge in [0.2, 0.25) is 12.1 Å². The summed E-state index contributed by atoms with van der Waals surface area (Å²) in [5.41, 5.74) is 3.09. The summed E-state index contributed by atoms with van der Waals surface area (Å²) in [6.45, 7) is 6.11. The molecule has 3 atom stereocenters. The van der Waals surface area contributed by atoms with Gasteiger partial charge in [0.15, 0.2) is 0 Å². The number of carbonyl (C=O) groups is 2. The SMILES string of the molecule is CCCCC(O)[C@@H](CC(C)C)C(=O)NC1N=C(c2ccccc2)c2ccccc2N(C)C1=O. The summed E-state index contributed by atoms with van der Waals surface area (Å²) in [5.74, 6) is -0.998. The van der Waals surface area contributed by atoms with E-state index in [1.54, 1.807) is 11.9 Å². The van der Waals surface area contributed by atoms with E-state index in [2.05, 4.69) is 12.2 Å². The highest BCUT2D eigenvalue weighted by atomic mass is 16.3. The highest BCUT2D eigenvalue weighted by Crippen LogP contribution is 2.27. The number of para-hydroxylation sites is 1. The first kappa shape index (κ1) is 24.6. The number of fused-ring (bicyclic) bond motifs is 1. The lowest BCUT2D eigenvalue weighted by Gasteiger charge is -2.26. The van der Waals surface area contributed by atoms with Gasteiger partial charge in [0.05, 0.1) is 23.4 Å². The van der Waals surface area contributed by atoms with Gasteiger partial charge in [-0.1, -0.05) is 82.1 Å². The number of nitrogens with one attached hydrogen (secondary N) is 1. The van der Waals surface area contributed by atoms with E-state index >= 15 is 0 Å². The van der Waals surface area contributed by atoms with Gasteiger partial charge >= 0.3 is 0 Å². The average Bonchev–Trinajstić information content (AvgIpc) is 2.92. The minimum absolute atomic E-state index is 0.233. The Kier molecular flexibility index (Phi) is 8.39. The van der Waals surface area contributed by atoms with E-state index < -0.39 is 18.2 Å². The van der Waals surface area contributed by atoms with Crippen molar-refractivity contribution < 1.29 is 14.7 Å². The third kappa shape index (κ3) is 5.88. The number of hydrogen-bond acceptors (Lipinski definition) is 4. The fourth-order valence-electron chi connectivity index (χ4n) is 4.25. The maximum atomic E-state index is 13.3. The molecule has 1 aliphatic rings. The predicted molar refractivity (Wildman–Crippen MR) is 132 cm³/mol. The van der Waals surface area contributed by atoms with Crippen LogP contribution in [0.4, 0.5) is 5.69 Å². The number of benzene rings is 2. The van der Waals surface area contributed by atoms with Crippen LogP contribution in [0.5, 0.6) is 0 Å². The molecule has 1 aliphatic heterocycles. The number of amides is 2. The molecule has 2 amide bonds. The van der Waals surface area contributed by atoms with Crippen molar-refractivity contribution in [3.63, 3.8) is 0 Å². The molecule has 6 heteroatoms. The lowest BCUT2D eigenvalue weighted by molar-refractivity contribution is -0.133. The molecule has 176 valence electrons. The third-order valence-electron chi connectivity index (χ3n) is 6.05. The molecule has 2 aromatic rings. The average molecular weight is 450 g/mol. The molecule has 0 aromatic heterocycles. The molecule has 2 unspecified atom stereocenters.